The lowest BCUT2D eigenvalue weighted by molar-refractivity contribution is 0.0686. The van der Waals surface area contributed by atoms with E-state index in [9.17, 15) is 4.79 Å². The second kappa shape index (κ2) is 6.39. The van der Waals surface area contributed by atoms with Gasteiger partial charge < -0.3 is 9.88 Å². The number of aromatic nitrogens is 4. The number of hydrogen-bond donors (Lipinski definition) is 1. The number of carbonyl (C=O) groups is 1. The predicted molar refractivity (Wildman–Crippen MR) is 105 cm³/mol. The summed E-state index contributed by atoms with van der Waals surface area (Å²) in [4.78, 5) is 18.0. The van der Waals surface area contributed by atoms with Gasteiger partial charge >= 0.3 is 0 Å². The van der Waals surface area contributed by atoms with Crippen molar-refractivity contribution in [3.63, 3.8) is 0 Å². The van der Waals surface area contributed by atoms with Gasteiger partial charge in [0.15, 0.2) is 0 Å². The maximum absolute atomic E-state index is 12.9. The number of fused-ring (bicyclic) bond motifs is 2. The normalized spacial score (nSPS) is 15.7. The molecule has 1 fully saturated rings. The molecule has 4 aromatic rings. The van der Waals surface area contributed by atoms with Crippen molar-refractivity contribution in [2.45, 2.75) is 18.9 Å². The third kappa shape index (κ3) is 2.86. The van der Waals surface area contributed by atoms with Crippen LogP contribution in [-0.4, -0.2) is 43.9 Å². The highest BCUT2D eigenvalue weighted by molar-refractivity contribution is 6.31. The molecule has 7 heteroatoms. The summed E-state index contributed by atoms with van der Waals surface area (Å²) in [6, 6.07) is 15.7. The highest BCUT2D eigenvalue weighted by atomic mass is 35.5. The van der Waals surface area contributed by atoms with Gasteiger partial charge in [0.1, 0.15) is 11.2 Å². The van der Waals surface area contributed by atoms with Crippen molar-refractivity contribution in [1.29, 1.82) is 0 Å². The van der Waals surface area contributed by atoms with E-state index in [0.29, 0.717) is 23.8 Å². The van der Waals surface area contributed by atoms with Gasteiger partial charge in [-0.3, -0.25) is 4.79 Å². The van der Waals surface area contributed by atoms with Crippen LogP contribution in [0.3, 0.4) is 0 Å². The van der Waals surface area contributed by atoms with Crippen LogP contribution in [0, 0.1) is 0 Å². The van der Waals surface area contributed by atoms with Crippen LogP contribution in [0.5, 0.6) is 0 Å². The van der Waals surface area contributed by atoms with Crippen molar-refractivity contribution in [3.05, 3.63) is 59.2 Å². The number of nitrogens with one attached hydrogen (secondary N) is 1. The van der Waals surface area contributed by atoms with E-state index >= 15 is 0 Å². The number of piperidine rings is 1. The molecule has 1 amide bonds. The second-order valence-electron chi connectivity index (χ2n) is 6.96. The van der Waals surface area contributed by atoms with Crippen molar-refractivity contribution in [1.82, 2.24) is 24.9 Å². The number of hydrogen-bond acceptors (Lipinski definition) is 3. The van der Waals surface area contributed by atoms with Crippen molar-refractivity contribution in [2.75, 3.05) is 13.1 Å². The average molecular weight is 380 g/mol. The summed E-state index contributed by atoms with van der Waals surface area (Å²) in [5.74, 6) is 0.0317. The third-order valence-corrected chi connectivity index (χ3v) is 5.52. The van der Waals surface area contributed by atoms with Crippen LogP contribution in [0.2, 0.25) is 5.02 Å². The lowest BCUT2D eigenvalue weighted by Crippen LogP contribution is -2.39. The monoisotopic (exact) mass is 379 g/mol. The smallest absolute Gasteiger partial charge is 0.270 e. The summed E-state index contributed by atoms with van der Waals surface area (Å²) in [6.45, 7) is 1.40. The molecule has 6 nitrogen and oxygen atoms in total. The molecule has 2 aromatic heterocycles. The summed E-state index contributed by atoms with van der Waals surface area (Å²) in [6.07, 6.45) is 1.73. The summed E-state index contributed by atoms with van der Waals surface area (Å²) in [5, 5.41) is 10.2. The molecule has 1 aliphatic heterocycles. The summed E-state index contributed by atoms with van der Waals surface area (Å²) >= 11 is 6.04. The van der Waals surface area contributed by atoms with E-state index < -0.39 is 0 Å². The van der Waals surface area contributed by atoms with E-state index in [2.05, 4.69) is 15.3 Å². The molecule has 0 aliphatic carbocycles. The Kier molecular flexibility index (Phi) is 3.86. The van der Waals surface area contributed by atoms with Gasteiger partial charge in [0, 0.05) is 29.0 Å². The molecule has 1 aliphatic rings. The second-order valence-corrected chi connectivity index (χ2v) is 7.40. The molecule has 3 heterocycles. The van der Waals surface area contributed by atoms with Crippen LogP contribution in [0.1, 0.15) is 29.4 Å². The third-order valence-electron chi connectivity index (χ3n) is 5.29. The number of carbonyl (C=O) groups excluding carboxylic acids is 1. The Labute approximate surface area is 160 Å². The van der Waals surface area contributed by atoms with Crippen LogP contribution < -0.4 is 0 Å². The zero-order chi connectivity index (χ0) is 18.4. The Hall–Kier alpha value is -2.86. The number of nitrogens with zero attached hydrogens (tertiary/aromatic N) is 4. The van der Waals surface area contributed by atoms with Crippen LogP contribution in [0.4, 0.5) is 0 Å². The highest BCUT2D eigenvalue weighted by Crippen LogP contribution is 2.27. The Bertz CT molecular complexity index is 1140. The van der Waals surface area contributed by atoms with E-state index in [1.54, 1.807) is 0 Å². The van der Waals surface area contributed by atoms with Crippen LogP contribution in [0.15, 0.2) is 48.5 Å². The van der Waals surface area contributed by atoms with Crippen LogP contribution in [0.25, 0.3) is 21.9 Å². The minimum atomic E-state index is 0.0317. The number of likely N-dealkylation sites (tertiary alicyclic amines) is 1. The van der Waals surface area contributed by atoms with Gasteiger partial charge in [-0.15, -0.1) is 5.10 Å². The quantitative estimate of drug-likeness (QED) is 0.571. The van der Waals surface area contributed by atoms with E-state index in [1.807, 2.05) is 58.1 Å². The maximum Gasteiger partial charge on any atom is 0.270 e. The molecular weight excluding hydrogens is 362 g/mol. The number of halogens is 1. The molecule has 1 saturated heterocycles. The molecule has 0 saturated carbocycles. The topological polar surface area (TPSA) is 66.8 Å². The van der Waals surface area contributed by atoms with Crippen molar-refractivity contribution in [3.8, 4) is 0 Å². The molecule has 136 valence electrons. The minimum Gasteiger partial charge on any atom is -0.351 e. The summed E-state index contributed by atoms with van der Waals surface area (Å²) in [7, 11) is 0. The van der Waals surface area contributed by atoms with Crippen molar-refractivity contribution < 1.29 is 4.79 Å². The largest absolute Gasteiger partial charge is 0.351 e. The molecule has 0 bridgehead atoms. The highest BCUT2D eigenvalue weighted by Gasteiger charge is 2.27. The molecule has 1 N–H and O–H groups in total. The van der Waals surface area contributed by atoms with Gasteiger partial charge in [0.25, 0.3) is 5.91 Å². The first-order valence-corrected chi connectivity index (χ1v) is 9.44. The number of H-pyrrole nitrogens is 1. The van der Waals surface area contributed by atoms with Gasteiger partial charge in [0.2, 0.25) is 0 Å². The van der Waals surface area contributed by atoms with Gasteiger partial charge in [-0.1, -0.05) is 28.9 Å². The standard InChI is InChI=1S/C20H18ClN5O/c21-14-5-6-16-13(11-14)12-18(22-16)20(27)25-9-7-15(8-10-25)26-19-4-2-1-3-17(19)23-24-26/h1-6,11-12,15,22H,7-10H2. The molecule has 0 unspecified atom stereocenters. The minimum absolute atomic E-state index is 0.0317. The van der Waals surface area contributed by atoms with Crippen molar-refractivity contribution in [2.24, 2.45) is 0 Å². The zero-order valence-electron chi connectivity index (χ0n) is 14.6. The summed E-state index contributed by atoms with van der Waals surface area (Å²) in [5.41, 5.74) is 3.49. The van der Waals surface area contributed by atoms with Crippen LogP contribution >= 0.6 is 11.6 Å². The fourth-order valence-electron chi connectivity index (χ4n) is 3.86. The Morgan fingerprint density at radius 1 is 1.11 bits per heavy atom. The fraction of sp³-hybridized carbons (Fsp3) is 0.250. The van der Waals surface area contributed by atoms with E-state index in [-0.39, 0.29) is 11.9 Å². The number of amides is 1. The van der Waals surface area contributed by atoms with E-state index in [1.165, 1.54) is 0 Å². The number of rotatable bonds is 2. The lowest BCUT2D eigenvalue weighted by Gasteiger charge is -2.31. The van der Waals surface area contributed by atoms with Gasteiger partial charge in [-0.2, -0.15) is 0 Å². The SMILES string of the molecule is O=C(c1cc2cc(Cl)ccc2[nH]1)N1CCC(n2nnc3ccccc32)CC1. The van der Waals surface area contributed by atoms with Crippen molar-refractivity contribution >= 4 is 39.4 Å². The number of aromatic amines is 1. The lowest BCUT2D eigenvalue weighted by atomic mass is 10.0. The Balaban J connectivity index is 1.32. The van der Waals surface area contributed by atoms with E-state index in [0.717, 1.165) is 34.8 Å². The number of benzene rings is 2. The average Bonchev–Trinajstić information content (AvgIpc) is 3.31. The zero-order valence-corrected chi connectivity index (χ0v) is 15.4. The van der Waals surface area contributed by atoms with Crippen LogP contribution in [-0.2, 0) is 0 Å². The molecule has 0 atom stereocenters. The predicted octanol–water partition coefficient (Wildman–Crippen LogP) is 4.04. The fourth-order valence-corrected chi connectivity index (χ4v) is 4.04. The molecule has 27 heavy (non-hydrogen) atoms. The molecule has 5 rings (SSSR count). The summed E-state index contributed by atoms with van der Waals surface area (Å²) < 4.78 is 2.00. The number of para-hydroxylation sites is 1. The first-order chi connectivity index (χ1) is 13.2. The van der Waals surface area contributed by atoms with Gasteiger partial charge in [0.05, 0.1) is 11.6 Å². The Morgan fingerprint density at radius 3 is 2.78 bits per heavy atom. The first kappa shape index (κ1) is 16.3. The maximum atomic E-state index is 12.9. The molecule has 2 aromatic carbocycles. The Morgan fingerprint density at radius 2 is 1.93 bits per heavy atom. The molecule has 0 radical (unpaired) electrons. The first-order valence-electron chi connectivity index (χ1n) is 9.06. The molecule has 0 spiro atoms. The molecular formula is C20H18ClN5O. The van der Waals surface area contributed by atoms with E-state index in [4.69, 9.17) is 11.6 Å². The van der Waals surface area contributed by atoms with Gasteiger partial charge in [-0.05, 0) is 49.2 Å². The van der Waals surface area contributed by atoms with Gasteiger partial charge in [-0.25, -0.2) is 4.68 Å².